The molecule has 0 saturated heterocycles. The van der Waals surface area contributed by atoms with Crippen molar-refractivity contribution in [1.82, 2.24) is 9.13 Å². The Kier molecular flexibility index (Phi) is 8.18. The molecule has 0 saturated carbocycles. The summed E-state index contributed by atoms with van der Waals surface area (Å²) in [5.74, 6) is 0. The van der Waals surface area contributed by atoms with E-state index in [-0.39, 0.29) is 0 Å². The molecule has 0 unspecified atom stereocenters. The van der Waals surface area contributed by atoms with Crippen LogP contribution in [-0.4, -0.2) is 9.13 Å². The highest BCUT2D eigenvalue weighted by atomic mass is 16.3. The van der Waals surface area contributed by atoms with Gasteiger partial charge in [-0.25, -0.2) is 0 Å². The summed E-state index contributed by atoms with van der Waals surface area (Å²) in [5, 5.41) is 7.05. The normalized spacial score (nSPS) is 11.8. The number of furan rings is 1. The Morgan fingerprint density at radius 2 is 0.781 bits per heavy atom. The Bertz CT molecular complexity index is 3820. The van der Waals surface area contributed by atoms with Gasteiger partial charge in [0.25, 0.3) is 0 Å². The van der Waals surface area contributed by atoms with E-state index in [0.717, 1.165) is 61.5 Å². The lowest BCUT2D eigenvalue weighted by molar-refractivity contribution is 0.669. The minimum atomic E-state index is 0.836. The fourth-order valence-electron chi connectivity index (χ4n) is 9.99. The summed E-state index contributed by atoms with van der Waals surface area (Å²) in [7, 11) is 0. The summed E-state index contributed by atoms with van der Waals surface area (Å²) in [6.07, 6.45) is 0. The van der Waals surface area contributed by atoms with Crippen molar-refractivity contribution in [3.63, 3.8) is 0 Å². The third-order valence-corrected chi connectivity index (χ3v) is 12.9. The second-order valence-electron chi connectivity index (χ2n) is 16.5. The van der Waals surface area contributed by atoms with Crippen LogP contribution < -0.4 is 4.90 Å². The molecule has 13 rings (SSSR count). The summed E-state index contributed by atoms with van der Waals surface area (Å²) in [5.41, 5.74) is 16.5. The minimum absolute atomic E-state index is 0.836. The van der Waals surface area contributed by atoms with Crippen LogP contribution in [-0.2, 0) is 0 Å². The number of hydrogen-bond donors (Lipinski definition) is 0. The lowest BCUT2D eigenvalue weighted by Crippen LogP contribution is -2.09. The predicted octanol–water partition coefficient (Wildman–Crippen LogP) is 16.6. The van der Waals surface area contributed by atoms with Gasteiger partial charge >= 0.3 is 0 Å². The quantitative estimate of drug-likeness (QED) is 0.160. The fraction of sp³-hybridized carbons (Fsp3) is 0. The second-order valence-corrected chi connectivity index (χ2v) is 16.5. The van der Waals surface area contributed by atoms with Crippen LogP contribution in [0.25, 0.3) is 99.2 Å². The molecule has 64 heavy (non-hydrogen) atoms. The van der Waals surface area contributed by atoms with Crippen molar-refractivity contribution in [2.24, 2.45) is 0 Å². The smallest absolute Gasteiger partial charge is 0.137 e. The van der Waals surface area contributed by atoms with E-state index in [1.54, 1.807) is 0 Å². The van der Waals surface area contributed by atoms with E-state index in [1.807, 2.05) is 0 Å². The van der Waals surface area contributed by atoms with Gasteiger partial charge in [-0.2, -0.15) is 0 Å². The van der Waals surface area contributed by atoms with Gasteiger partial charge in [0.2, 0.25) is 0 Å². The van der Waals surface area contributed by atoms with Gasteiger partial charge in [-0.1, -0.05) is 146 Å². The molecule has 0 aliphatic rings. The van der Waals surface area contributed by atoms with Crippen molar-refractivity contribution in [2.45, 2.75) is 0 Å². The van der Waals surface area contributed by atoms with Gasteiger partial charge in [-0.05, 0) is 107 Å². The molecule has 10 aromatic carbocycles. The highest BCUT2D eigenvalue weighted by molar-refractivity contribution is 6.15. The van der Waals surface area contributed by atoms with Gasteiger partial charge in [0.05, 0.1) is 33.1 Å². The van der Waals surface area contributed by atoms with Crippen LogP contribution in [0.15, 0.2) is 241 Å². The maximum absolute atomic E-state index is 6.83. The van der Waals surface area contributed by atoms with Crippen LogP contribution in [0.5, 0.6) is 0 Å². The highest BCUT2D eigenvalue weighted by Crippen LogP contribution is 2.44. The van der Waals surface area contributed by atoms with Crippen molar-refractivity contribution in [1.29, 1.82) is 0 Å². The minimum Gasteiger partial charge on any atom is -0.456 e. The predicted molar refractivity (Wildman–Crippen MR) is 268 cm³/mol. The zero-order valence-corrected chi connectivity index (χ0v) is 34.8. The molecule has 0 spiro atoms. The van der Waals surface area contributed by atoms with E-state index in [4.69, 9.17) is 4.42 Å². The van der Waals surface area contributed by atoms with E-state index in [2.05, 4.69) is 251 Å². The van der Waals surface area contributed by atoms with Crippen LogP contribution in [0.3, 0.4) is 0 Å². The molecule has 0 aliphatic heterocycles. The van der Waals surface area contributed by atoms with E-state index in [9.17, 15) is 0 Å². The Morgan fingerprint density at radius 3 is 1.44 bits per heavy atom. The number of aromatic nitrogens is 2. The Morgan fingerprint density at radius 1 is 0.297 bits per heavy atom. The molecule has 3 aromatic heterocycles. The van der Waals surface area contributed by atoms with Crippen molar-refractivity contribution in [3.8, 4) is 33.6 Å². The third-order valence-electron chi connectivity index (χ3n) is 12.9. The maximum atomic E-state index is 6.83. The molecule has 13 aromatic rings. The molecule has 0 amide bonds. The lowest BCUT2D eigenvalue weighted by atomic mass is 10.00. The van der Waals surface area contributed by atoms with E-state index in [0.29, 0.717) is 0 Å². The number of anilines is 3. The maximum Gasteiger partial charge on any atom is 0.137 e. The zero-order chi connectivity index (χ0) is 42.1. The molecule has 0 aliphatic carbocycles. The van der Waals surface area contributed by atoms with Crippen LogP contribution in [0, 0.1) is 0 Å². The first kappa shape index (κ1) is 36.1. The number of hydrogen-bond acceptors (Lipinski definition) is 2. The summed E-state index contributed by atoms with van der Waals surface area (Å²) < 4.78 is 11.6. The van der Waals surface area contributed by atoms with Gasteiger partial charge in [0.15, 0.2) is 0 Å². The molecule has 4 nitrogen and oxygen atoms in total. The molecular formula is C60H39N3O. The van der Waals surface area contributed by atoms with Crippen LogP contribution in [0.1, 0.15) is 0 Å². The van der Waals surface area contributed by atoms with Gasteiger partial charge < -0.3 is 18.5 Å². The molecule has 3 heterocycles. The number of rotatable bonds is 7. The van der Waals surface area contributed by atoms with Gasteiger partial charge in [-0.3, -0.25) is 0 Å². The first-order chi connectivity index (χ1) is 31.7. The Labute approximate surface area is 369 Å². The molecule has 300 valence electrons. The molecule has 4 heteroatoms. The Balaban J connectivity index is 0.976. The monoisotopic (exact) mass is 817 g/mol. The Hall–Kier alpha value is -8.60. The number of nitrogens with zero attached hydrogens (tertiary/aromatic N) is 3. The highest BCUT2D eigenvalue weighted by Gasteiger charge is 2.21. The first-order valence-corrected chi connectivity index (χ1v) is 21.8. The van der Waals surface area contributed by atoms with Gasteiger partial charge in [0, 0.05) is 55.7 Å². The molecule has 0 bridgehead atoms. The van der Waals surface area contributed by atoms with Crippen LogP contribution in [0.2, 0.25) is 0 Å². The molecule has 0 N–H and O–H groups in total. The number of para-hydroxylation sites is 4. The SMILES string of the molecule is c1ccc(-c2ccc(-c3ccc(N(c4ccc5c(c4)oc4cccc(-n6c7ccccc7c7ccccc76)c45)c4ccc5c(c4)c4ccccc4n5-c4ccccc4)cc3)cc2)cc1. The van der Waals surface area contributed by atoms with Crippen molar-refractivity contribution in [2.75, 3.05) is 4.90 Å². The zero-order valence-electron chi connectivity index (χ0n) is 34.8. The van der Waals surface area contributed by atoms with E-state index in [1.165, 1.54) is 54.8 Å². The number of fused-ring (bicyclic) bond motifs is 9. The summed E-state index contributed by atoms with van der Waals surface area (Å²) in [4.78, 5) is 2.36. The average molecular weight is 818 g/mol. The van der Waals surface area contributed by atoms with Crippen molar-refractivity contribution in [3.05, 3.63) is 237 Å². The van der Waals surface area contributed by atoms with E-state index >= 15 is 0 Å². The number of benzene rings is 10. The summed E-state index contributed by atoms with van der Waals surface area (Å²) in [6, 6.07) is 85.0. The summed E-state index contributed by atoms with van der Waals surface area (Å²) in [6.45, 7) is 0. The molecular weight excluding hydrogens is 779 g/mol. The first-order valence-electron chi connectivity index (χ1n) is 21.8. The average Bonchev–Trinajstić information content (AvgIpc) is 4.02. The largest absolute Gasteiger partial charge is 0.456 e. The second kappa shape index (κ2) is 14.5. The topological polar surface area (TPSA) is 26.2 Å². The molecule has 0 atom stereocenters. The summed E-state index contributed by atoms with van der Waals surface area (Å²) >= 11 is 0. The lowest BCUT2D eigenvalue weighted by Gasteiger charge is -2.26. The van der Waals surface area contributed by atoms with E-state index < -0.39 is 0 Å². The third kappa shape index (κ3) is 5.70. The van der Waals surface area contributed by atoms with Gasteiger partial charge in [0.1, 0.15) is 11.2 Å². The van der Waals surface area contributed by atoms with Gasteiger partial charge in [-0.15, -0.1) is 0 Å². The fourth-order valence-corrected chi connectivity index (χ4v) is 9.99. The van der Waals surface area contributed by atoms with Crippen LogP contribution >= 0.6 is 0 Å². The molecule has 0 radical (unpaired) electrons. The molecule has 0 fully saturated rings. The van der Waals surface area contributed by atoms with Crippen molar-refractivity contribution >= 4 is 82.6 Å². The van der Waals surface area contributed by atoms with Crippen LogP contribution in [0.4, 0.5) is 17.1 Å². The van der Waals surface area contributed by atoms with Crippen molar-refractivity contribution < 1.29 is 4.42 Å². The standard InChI is InChI=1S/C60H39N3O/c1-3-14-40(15-4-1)41-26-28-42(29-27-41)43-30-32-45(33-31-43)61(46-35-37-56-52(38-46)50-20-9-10-21-53(50)62(56)44-16-5-2-6-17-44)47-34-36-51-59(39-47)64-58-25-13-24-57(60(51)58)63-54-22-11-7-18-48(54)49-19-8-12-23-55(49)63/h1-39H.